The third-order valence-corrected chi connectivity index (χ3v) is 6.40. The van der Waals surface area contributed by atoms with Crippen LogP contribution in [0.1, 0.15) is 23.1 Å². The largest absolute Gasteiger partial charge is 0.419 e. The lowest BCUT2D eigenvalue weighted by atomic mass is 10.1. The van der Waals surface area contributed by atoms with Crippen molar-refractivity contribution >= 4 is 21.6 Å². The van der Waals surface area contributed by atoms with Crippen LogP contribution >= 0.6 is 11.6 Å². The summed E-state index contributed by atoms with van der Waals surface area (Å²) in [4.78, 5) is -0.0914. The highest BCUT2D eigenvalue weighted by molar-refractivity contribution is 7.89. The van der Waals surface area contributed by atoms with Crippen molar-refractivity contribution in [1.82, 2.24) is 14.9 Å². The predicted molar refractivity (Wildman–Crippen MR) is 114 cm³/mol. The van der Waals surface area contributed by atoms with E-state index in [2.05, 4.69) is 14.9 Å². The molecule has 4 rings (SSSR count). The minimum atomic E-state index is -4.07. The van der Waals surface area contributed by atoms with Crippen molar-refractivity contribution in [3.8, 4) is 11.5 Å². The summed E-state index contributed by atoms with van der Waals surface area (Å²) in [6, 6.07) is 18.3. The summed E-state index contributed by atoms with van der Waals surface area (Å²) < 4.78 is 48.1. The number of halogens is 2. The highest BCUT2D eigenvalue weighted by atomic mass is 35.5. The fourth-order valence-corrected chi connectivity index (χ4v) is 4.51. The molecule has 0 radical (unpaired) electrons. The van der Waals surface area contributed by atoms with Crippen LogP contribution in [0.2, 0.25) is 5.02 Å². The van der Waals surface area contributed by atoms with Gasteiger partial charge >= 0.3 is 0 Å². The summed E-state index contributed by atoms with van der Waals surface area (Å²) in [6.45, 7) is 1.49. The molecule has 0 aliphatic carbocycles. The highest BCUT2D eigenvalue weighted by Crippen LogP contribution is 2.31. The summed E-state index contributed by atoms with van der Waals surface area (Å²) in [5.74, 6) is -0.232. The van der Waals surface area contributed by atoms with E-state index in [4.69, 9.17) is 16.0 Å². The molecule has 1 atom stereocenters. The average Bonchev–Trinajstić information content (AvgIpc) is 3.25. The van der Waals surface area contributed by atoms with Crippen LogP contribution in [-0.2, 0) is 10.0 Å². The minimum Gasteiger partial charge on any atom is -0.419 e. The van der Waals surface area contributed by atoms with E-state index < -0.39 is 21.9 Å². The SMILES string of the molecule is Cc1cc(S(=O)(=O)N[C@@H](c2nnc(-c3ccccc3)o2)c2ccccc2Cl)ccc1F. The van der Waals surface area contributed by atoms with Gasteiger partial charge in [-0.3, -0.25) is 0 Å². The van der Waals surface area contributed by atoms with Crippen molar-refractivity contribution in [2.24, 2.45) is 0 Å². The zero-order valence-electron chi connectivity index (χ0n) is 16.3. The van der Waals surface area contributed by atoms with Gasteiger partial charge in [-0.05, 0) is 54.4 Å². The first-order chi connectivity index (χ1) is 14.8. The number of benzene rings is 3. The van der Waals surface area contributed by atoms with E-state index in [1.807, 2.05) is 18.2 Å². The molecule has 31 heavy (non-hydrogen) atoms. The Morgan fingerprint density at radius 3 is 2.42 bits per heavy atom. The molecule has 0 aliphatic heterocycles. The predicted octanol–water partition coefficient (Wildman–Crippen LogP) is 4.91. The Morgan fingerprint density at radius 1 is 1.00 bits per heavy atom. The van der Waals surface area contributed by atoms with Crippen LogP contribution < -0.4 is 4.72 Å². The number of sulfonamides is 1. The molecular weight excluding hydrogens is 441 g/mol. The van der Waals surface area contributed by atoms with Gasteiger partial charge in [-0.25, -0.2) is 12.8 Å². The van der Waals surface area contributed by atoms with Crippen molar-refractivity contribution < 1.29 is 17.2 Å². The number of nitrogens with zero attached hydrogens (tertiary/aromatic N) is 2. The smallest absolute Gasteiger partial charge is 0.247 e. The topological polar surface area (TPSA) is 85.1 Å². The maximum absolute atomic E-state index is 13.6. The summed E-state index contributed by atoms with van der Waals surface area (Å²) in [5, 5.41) is 8.43. The molecular formula is C22H17ClFN3O3S. The molecule has 158 valence electrons. The standard InChI is InChI=1S/C22H17ClFN3O3S/c1-14-13-16(11-12-19(14)24)31(28,29)27-20(17-9-5-6-10-18(17)23)22-26-25-21(30-22)15-7-3-2-4-8-15/h2-13,20,27H,1H3/t20-/m1/s1. The van der Waals surface area contributed by atoms with E-state index in [1.54, 1.807) is 36.4 Å². The van der Waals surface area contributed by atoms with Crippen molar-refractivity contribution in [3.05, 3.63) is 101 Å². The van der Waals surface area contributed by atoms with Crippen LogP contribution in [-0.4, -0.2) is 18.6 Å². The zero-order chi connectivity index (χ0) is 22.0. The summed E-state index contributed by atoms with van der Waals surface area (Å²) in [7, 11) is -4.07. The van der Waals surface area contributed by atoms with Crippen molar-refractivity contribution in [2.45, 2.75) is 17.9 Å². The van der Waals surface area contributed by atoms with Gasteiger partial charge < -0.3 is 4.42 Å². The number of nitrogens with one attached hydrogen (secondary N) is 1. The van der Waals surface area contributed by atoms with E-state index in [0.717, 1.165) is 6.07 Å². The Morgan fingerprint density at radius 2 is 1.71 bits per heavy atom. The van der Waals surface area contributed by atoms with Gasteiger partial charge in [0.25, 0.3) is 0 Å². The fraction of sp³-hybridized carbons (Fsp3) is 0.0909. The van der Waals surface area contributed by atoms with Gasteiger partial charge in [0.2, 0.25) is 21.8 Å². The maximum Gasteiger partial charge on any atom is 0.247 e. The lowest BCUT2D eigenvalue weighted by molar-refractivity contribution is 0.464. The summed E-state index contributed by atoms with van der Waals surface area (Å²) in [5.41, 5.74) is 1.34. The van der Waals surface area contributed by atoms with Crippen LogP contribution in [0.25, 0.3) is 11.5 Å². The molecule has 0 saturated carbocycles. The quantitative estimate of drug-likeness (QED) is 0.445. The molecule has 4 aromatic rings. The molecule has 0 bridgehead atoms. The van der Waals surface area contributed by atoms with E-state index >= 15 is 0 Å². The first kappa shape index (κ1) is 21.2. The van der Waals surface area contributed by atoms with Crippen molar-refractivity contribution in [2.75, 3.05) is 0 Å². The minimum absolute atomic E-state index is 0.0226. The molecule has 1 aromatic heterocycles. The molecule has 0 fully saturated rings. The van der Waals surface area contributed by atoms with Gasteiger partial charge in [0.1, 0.15) is 11.9 Å². The first-order valence-corrected chi connectivity index (χ1v) is 11.1. The molecule has 0 spiro atoms. The number of rotatable bonds is 6. The molecule has 6 nitrogen and oxygen atoms in total. The second-order valence-electron chi connectivity index (χ2n) is 6.80. The monoisotopic (exact) mass is 457 g/mol. The molecule has 9 heteroatoms. The van der Waals surface area contributed by atoms with Crippen LogP contribution in [0.15, 0.2) is 82.1 Å². The third-order valence-electron chi connectivity index (χ3n) is 4.64. The Kier molecular flexibility index (Phi) is 5.86. The van der Waals surface area contributed by atoms with E-state index in [0.29, 0.717) is 16.1 Å². The van der Waals surface area contributed by atoms with Crippen LogP contribution in [0, 0.1) is 12.7 Å². The number of hydrogen-bond donors (Lipinski definition) is 1. The second kappa shape index (κ2) is 8.58. The summed E-state index contributed by atoms with van der Waals surface area (Å²) >= 11 is 6.34. The van der Waals surface area contributed by atoms with Crippen molar-refractivity contribution in [1.29, 1.82) is 0 Å². The lowest BCUT2D eigenvalue weighted by Crippen LogP contribution is -2.30. The van der Waals surface area contributed by atoms with E-state index in [9.17, 15) is 12.8 Å². The number of hydrogen-bond acceptors (Lipinski definition) is 5. The fourth-order valence-electron chi connectivity index (χ4n) is 3.01. The van der Waals surface area contributed by atoms with Gasteiger partial charge in [0.15, 0.2) is 0 Å². The van der Waals surface area contributed by atoms with Crippen LogP contribution in [0.5, 0.6) is 0 Å². The van der Waals surface area contributed by atoms with E-state index in [-0.39, 0.29) is 22.2 Å². The molecule has 3 aromatic carbocycles. The van der Waals surface area contributed by atoms with Gasteiger partial charge in [-0.15, -0.1) is 10.2 Å². The molecule has 0 amide bonds. The summed E-state index contributed by atoms with van der Waals surface area (Å²) in [6.07, 6.45) is 0. The molecule has 1 N–H and O–H groups in total. The Balaban J connectivity index is 1.76. The number of aryl methyl sites for hydroxylation is 1. The first-order valence-electron chi connectivity index (χ1n) is 9.27. The molecule has 1 heterocycles. The Hall–Kier alpha value is -3.07. The zero-order valence-corrected chi connectivity index (χ0v) is 17.9. The van der Waals surface area contributed by atoms with Gasteiger partial charge in [-0.1, -0.05) is 48.0 Å². The molecule has 0 saturated heterocycles. The highest BCUT2D eigenvalue weighted by Gasteiger charge is 2.29. The van der Waals surface area contributed by atoms with Gasteiger partial charge in [0, 0.05) is 10.6 Å². The van der Waals surface area contributed by atoms with Gasteiger partial charge in [-0.2, -0.15) is 4.72 Å². The van der Waals surface area contributed by atoms with Crippen LogP contribution in [0.3, 0.4) is 0 Å². The third kappa shape index (κ3) is 4.51. The lowest BCUT2D eigenvalue weighted by Gasteiger charge is -2.17. The van der Waals surface area contributed by atoms with Crippen LogP contribution in [0.4, 0.5) is 4.39 Å². The average molecular weight is 458 g/mol. The van der Waals surface area contributed by atoms with Gasteiger partial charge in [0.05, 0.1) is 4.90 Å². The Bertz CT molecular complexity index is 1330. The van der Waals surface area contributed by atoms with E-state index in [1.165, 1.54) is 19.1 Å². The molecule has 0 aliphatic rings. The second-order valence-corrected chi connectivity index (χ2v) is 8.92. The number of aromatic nitrogens is 2. The normalized spacial score (nSPS) is 12.6. The Labute approximate surface area is 183 Å². The molecule has 0 unspecified atom stereocenters. The van der Waals surface area contributed by atoms with Crippen molar-refractivity contribution in [3.63, 3.8) is 0 Å². The maximum atomic E-state index is 13.6.